The molecule has 6 heteroatoms. The van der Waals surface area contributed by atoms with Crippen LogP contribution in [-0.4, -0.2) is 15.1 Å². The first-order valence-electron chi connectivity index (χ1n) is 3.91. The van der Waals surface area contributed by atoms with Gasteiger partial charge < -0.3 is 5.11 Å². The molecular weight excluding hydrogens is 197 g/mol. The quantitative estimate of drug-likeness (QED) is 0.762. The number of aliphatic hydroxyl groups is 1. The molecule has 1 atom stereocenters. The third-order valence-electron chi connectivity index (χ3n) is 1.72. The van der Waals surface area contributed by atoms with Crippen LogP contribution in [0.3, 0.4) is 0 Å². The van der Waals surface area contributed by atoms with Gasteiger partial charge in [-0.1, -0.05) is 0 Å². The lowest BCUT2D eigenvalue weighted by atomic mass is 10.1. The number of halogens is 3. The molecule has 0 spiro atoms. The van der Waals surface area contributed by atoms with Crippen molar-refractivity contribution >= 4 is 0 Å². The fourth-order valence-corrected chi connectivity index (χ4v) is 1.02. The van der Waals surface area contributed by atoms with Gasteiger partial charge in [-0.3, -0.25) is 0 Å². The number of alkyl halides is 3. The van der Waals surface area contributed by atoms with Crippen LogP contribution in [0.25, 0.3) is 0 Å². The average molecular weight is 206 g/mol. The number of rotatable bonds is 1. The Bertz CT molecular complexity index is 336. The Morgan fingerprint density at radius 3 is 2.36 bits per heavy atom. The molecule has 0 aliphatic carbocycles. The molecule has 1 rings (SSSR count). The summed E-state index contributed by atoms with van der Waals surface area (Å²) in [6.07, 6.45) is -4.41. The van der Waals surface area contributed by atoms with Crippen LogP contribution in [0.1, 0.15) is 30.1 Å². The van der Waals surface area contributed by atoms with E-state index in [1.54, 1.807) is 0 Å². The van der Waals surface area contributed by atoms with Crippen LogP contribution in [0, 0.1) is 6.92 Å². The Morgan fingerprint density at radius 2 is 2.00 bits per heavy atom. The number of aliphatic hydroxyl groups excluding tert-OH is 1. The van der Waals surface area contributed by atoms with Crippen molar-refractivity contribution in [3.63, 3.8) is 0 Å². The smallest absolute Gasteiger partial charge is 0.389 e. The molecule has 1 heterocycles. The number of hydrogen-bond acceptors (Lipinski definition) is 3. The van der Waals surface area contributed by atoms with Crippen molar-refractivity contribution in [1.82, 2.24) is 9.97 Å². The summed E-state index contributed by atoms with van der Waals surface area (Å²) in [5.74, 6) is -1.18. The van der Waals surface area contributed by atoms with Gasteiger partial charge in [-0.15, -0.1) is 0 Å². The normalized spacial score (nSPS) is 14.1. The number of aromatic nitrogens is 2. The molecular formula is C8H9F3N2O. The van der Waals surface area contributed by atoms with E-state index in [0.717, 1.165) is 6.20 Å². The molecule has 0 radical (unpaired) electrons. The van der Waals surface area contributed by atoms with Gasteiger partial charge in [0.15, 0.2) is 0 Å². The first kappa shape index (κ1) is 10.9. The van der Waals surface area contributed by atoms with Crippen molar-refractivity contribution in [1.29, 1.82) is 0 Å². The van der Waals surface area contributed by atoms with Gasteiger partial charge in [0.1, 0.15) is 0 Å². The lowest BCUT2D eigenvalue weighted by Gasteiger charge is -2.10. The molecule has 3 nitrogen and oxygen atoms in total. The maximum atomic E-state index is 12.1. The van der Waals surface area contributed by atoms with Gasteiger partial charge in [0.25, 0.3) is 0 Å². The Morgan fingerprint density at radius 1 is 1.43 bits per heavy atom. The third-order valence-corrected chi connectivity index (χ3v) is 1.72. The van der Waals surface area contributed by atoms with E-state index in [9.17, 15) is 13.2 Å². The summed E-state index contributed by atoms with van der Waals surface area (Å²) in [4.78, 5) is 6.41. The molecule has 0 aliphatic rings. The molecule has 0 fully saturated rings. The minimum Gasteiger partial charge on any atom is -0.389 e. The van der Waals surface area contributed by atoms with Gasteiger partial charge >= 0.3 is 6.18 Å². The van der Waals surface area contributed by atoms with Crippen molar-refractivity contribution < 1.29 is 18.3 Å². The lowest BCUT2D eigenvalue weighted by molar-refractivity contribution is -0.145. The van der Waals surface area contributed by atoms with Crippen LogP contribution in [0.2, 0.25) is 0 Å². The molecule has 1 aromatic heterocycles. The van der Waals surface area contributed by atoms with E-state index >= 15 is 0 Å². The summed E-state index contributed by atoms with van der Waals surface area (Å²) in [7, 11) is 0. The molecule has 14 heavy (non-hydrogen) atoms. The van der Waals surface area contributed by atoms with E-state index in [1.165, 1.54) is 13.8 Å². The molecule has 0 amide bonds. The first-order valence-corrected chi connectivity index (χ1v) is 3.91. The van der Waals surface area contributed by atoms with Gasteiger partial charge in [-0.05, 0) is 13.8 Å². The highest BCUT2D eigenvalue weighted by Gasteiger charge is 2.34. The standard InChI is InChI=1S/C8H9F3N2O/c1-4-6(5(2)14)3-12-7(13-4)8(9,10)11/h3,5,14H,1-2H3. The summed E-state index contributed by atoms with van der Waals surface area (Å²) >= 11 is 0. The first-order chi connectivity index (χ1) is 6.32. The van der Waals surface area contributed by atoms with Crippen LogP contribution in [0.15, 0.2) is 6.20 Å². The van der Waals surface area contributed by atoms with Gasteiger partial charge in [0, 0.05) is 17.5 Å². The Labute approximate surface area is 78.6 Å². The van der Waals surface area contributed by atoms with Gasteiger partial charge in [0.2, 0.25) is 5.82 Å². The van der Waals surface area contributed by atoms with Crippen LogP contribution in [0.5, 0.6) is 0 Å². The maximum Gasteiger partial charge on any atom is 0.451 e. The van der Waals surface area contributed by atoms with Crippen LogP contribution < -0.4 is 0 Å². The fraction of sp³-hybridized carbons (Fsp3) is 0.500. The van der Waals surface area contributed by atoms with Crippen molar-refractivity contribution in [2.75, 3.05) is 0 Å². The monoisotopic (exact) mass is 206 g/mol. The van der Waals surface area contributed by atoms with E-state index in [4.69, 9.17) is 5.11 Å². The van der Waals surface area contributed by atoms with Crippen molar-refractivity contribution in [2.24, 2.45) is 0 Å². The van der Waals surface area contributed by atoms with Gasteiger partial charge in [0.05, 0.1) is 6.10 Å². The Hall–Kier alpha value is -1.17. The summed E-state index contributed by atoms with van der Waals surface area (Å²) in [5, 5.41) is 9.14. The summed E-state index contributed by atoms with van der Waals surface area (Å²) in [6, 6.07) is 0. The van der Waals surface area contributed by atoms with Crippen molar-refractivity contribution in [3.8, 4) is 0 Å². The Balaban J connectivity index is 3.13. The molecule has 0 saturated carbocycles. The molecule has 78 valence electrons. The van der Waals surface area contributed by atoms with Crippen LogP contribution in [0.4, 0.5) is 13.2 Å². The molecule has 0 aromatic carbocycles. The largest absolute Gasteiger partial charge is 0.451 e. The van der Waals surface area contributed by atoms with E-state index in [1.807, 2.05) is 0 Å². The van der Waals surface area contributed by atoms with E-state index in [-0.39, 0.29) is 5.69 Å². The number of nitrogens with zero attached hydrogens (tertiary/aromatic N) is 2. The van der Waals surface area contributed by atoms with Gasteiger partial charge in [-0.25, -0.2) is 9.97 Å². The molecule has 1 aromatic rings. The highest BCUT2D eigenvalue weighted by Crippen LogP contribution is 2.27. The number of aryl methyl sites for hydroxylation is 1. The average Bonchev–Trinajstić information content (AvgIpc) is 2.01. The zero-order chi connectivity index (χ0) is 10.9. The van der Waals surface area contributed by atoms with Crippen LogP contribution >= 0.6 is 0 Å². The second-order valence-electron chi connectivity index (χ2n) is 2.91. The van der Waals surface area contributed by atoms with E-state index in [2.05, 4.69) is 9.97 Å². The van der Waals surface area contributed by atoms with E-state index in [0.29, 0.717) is 5.56 Å². The van der Waals surface area contributed by atoms with Crippen LogP contribution in [-0.2, 0) is 6.18 Å². The zero-order valence-electron chi connectivity index (χ0n) is 7.63. The Kier molecular flexibility index (Phi) is 2.75. The van der Waals surface area contributed by atoms with E-state index < -0.39 is 18.1 Å². The molecule has 0 aliphatic heterocycles. The van der Waals surface area contributed by atoms with Crippen molar-refractivity contribution in [3.05, 3.63) is 23.3 Å². The number of hydrogen-bond donors (Lipinski definition) is 1. The lowest BCUT2D eigenvalue weighted by Crippen LogP contribution is -2.13. The van der Waals surface area contributed by atoms with Gasteiger partial charge in [-0.2, -0.15) is 13.2 Å². The highest BCUT2D eigenvalue weighted by atomic mass is 19.4. The zero-order valence-corrected chi connectivity index (χ0v) is 7.63. The molecule has 1 N–H and O–H groups in total. The maximum absolute atomic E-state index is 12.1. The minimum absolute atomic E-state index is 0.141. The molecule has 0 bridgehead atoms. The minimum atomic E-state index is -4.54. The third kappa shape index (κ3) is 2.20. The second kappa shape index (κ2) is 3.53. The summed E-state index contributed by atoms with van der Waals surface area (Å²) in [6.45, 7) is 2.85. The predicted molar refractivity (Wildman–Crippen MR) is 42.4 cm³/mol. The second-order valence-corrected chi connectivity index (χ2v) is 2.91. The topological polar surface area (TPSA) is 46.0 Å². The SMILES string of the molecule is Cc1nc(C(F)(F)F)ncc1C(C)O. The molecule has 0 saturated heterocycles. The predicted octanol–water partition coefficient (Wildman–Crippen LogP) is 1.86. The van der Waals surface area contributed by atoms with Crippen molar-refractivity contribution in [2.45, 2.75) is 26.1 Å². The summed E-state index contributed by atoms with van der Waals surface area (Å²) < 4.78 is 36.3. The molecule has 1 unspecified atom stereocenters. The summed E-state index contributed by atoms with van der Waals surface area (Å²) in [5.41, 5.74) is 0.445. The fourth-order valence-electron chi connectivity index (χ4n) is 1.02. The highest BCUT2D eigenvalue weighted by molar-refractivity contribution is 5.18.